The van der Waals surface area contributed by atoms with Crippen LogP contribution in [0.5, 0.6) is 0 Å². The molecule has 20 heavy (non-hydrogen) atoms. The van der Waals surface area contributed by atoms with Crippen molar-refractivity contribution in [3.05, 3.63) is 0 Å². The van der Waals surface area contributed by atoms with E-state index < -0.39 is 0 Å². The monoisotopic (exact) mass is 281 g/mol. The Morgan fingerprint density at radius 3 is 2.05 bits per heavy atom. The van der Waals surface area contributed by atoms with Gasteiger partial charge in [-0.25, -0.2) is 0 Å². The van der Waals surface area contributed by atoms with Crippen molar-refractivity contribution in [3.63, 3.8) is 0 Å². The zero-order valence-electron chi connectivity index (χ0n) is 14.6. The molecule has 3 nitrogen and oxygen atoms in total. The van der Waals surface area contributed by atoms with Crippen LogP contribution in [-0.4, -0.2) is 74.1 Å². The first-order chi connectivity index (χ1) is 9.17. The lowest BCUT2D eigenvalue weighted by atomic mass is 9.84. The van der Waals surface area contributed by atoms with Crippen molar-refractivity contribution in [2.75, 3.05) is 53.4 Å². The fraction of sp³-hybridized carbons (Fsp3) is 1.00. The van der Waals surface area contributed by atoms with Crippen LogP contribution in [0.1, 0.15) is 40.5 Å². The summed E-state index contributed by atoms with van der Waals surface area (Å²) in [6.45, 7) is 17.2. The topological polar surface area (TPSA) is 9.72 Å². The first-order valence-corrected chi connectivity index (χ1v) is 8.28. The summed E-state index contributed by atoms with van der Waals surface area (Å²) in [5.74, 6) is 0. The molecule has 0 N–H and O–H groups in total. The summed E-state index contributed by atoms with van der Waals surface area (Å²) in [6.07, 6.45) is 2.68. The molecule has 118 valence electrons. The summed E-state index contributed by atoms with van der Waals surface area (Å²) in [5, 5.41) is 0. The van der Waals surface area contributed by atoms with E-state index >= 15 is 0 Å². The highest BCUT2D eigenvalue weighted by Gasteiger charge is 2.35. The Bertz CT molecular complexity index is 292. The summed E-state index contributed by atoms with van der Waals surface area (Å²) in [4.78, 5) is 7.83. The van der Waals surface area contributed by atoms with Gasteiger partial charge in [-0.1, -0.05) is 27.7 Å². The van der Waals surface area contributed by atoms with Gasteiger partial charge in [0.05, 0.1) is 0 Å². The van der Waals surface area contributed by atoms with E-state index in [-0.39, 0.29) is 0 Å². The van der Waals surface area contributed by atoms with Crippen LogP contribution in [0, 0.1) is 10.8 Å². The Hall–Kier alpha value is -0.120. The molecule has 0 radical (unpaired) electrons. The largest absolute Gasteiger partial charge is 0.306 e. The van der Waals surface area contributed by atoms with Crippen LogP contribution in [0.2, 0.25) is 0 Å². The van der Waals surface area contributed by atoms with Crippen LogP contribution in [0.3, 0.4) is 0 Å². The molecule has 2 aliphatic rings. The Labute approximate surface area is 126 Å². The second-order valence-electron chi connectivity index (χ2n) is 8.92. The lowest BCUT2D eigenvalue weighted by Crippen LogP contribution is -2.43. The van der Waals surface area contributed by atoms with E-state index in [4.69, 9.17) is 0 Å². The van der Waals surface area contributed by atoms with Crippen molar-refractivity contribution in [3.8, 4) is 0 Å². The molecule has 2 saturated heterocycles. The molecule has 0 aromatic rings. The molecule has 0 aromatic carbocycles. The standard InChI is InChI=1S/C17H35N3/c1-16(2)11-15(7-8-18(5)12-16)20-10-9-19(6)13-17(3,4)14-20/h15H,7-14H2,1-6H3. The summed E-state index contributed by atoms with van der Waals surface area (Å²) < 4.78 is 0. The second kappa shape index (κ2) is 5.94. The van der Waals surface area contributed by atoms with Gasteiger partial charge in [-0.2, -0.15) is 0 Å². The van der Waals surface area contributed by atoms with Gasteiger partial charge in [0.25, 0.3) is 0 Å². The number of rotatable bonds is 1. The van der Waals surface area contributed by atoms with Crippen molar-refractivity contribution in [2.45, 2.75) is 46.6 Å². The Balaban J connectivity index is 2.08. The van der Waals surface area contributed by atoms with Crippen molar-refractivity contribution in [1.82, 2.24) is 14.7 Å². The van der Waals surface area contributed by atoms with Gasteiger partial charge >= 0.3 is 0 Å². The van der Waals surface area contributed by atoms with Crippen LogP contribution in [0.15, 0.2) is 0 Å². The van der Waals surface area contributed by atoms with E-state index in [1.165, 1.54) is 52.1 Å². The molecule has 2 aliphatic heterocycles. The predicted octanol–water partition coefficient (Wildman–Crippen LogP) is 2.38. The predicted molar refractivity (Wildman–Crippen MR) is 87.2 cm³/mol. The number of nitrogens with zero attached hydrogens (tertiary/aromatic N) is 3. The number of hydrogen-bond acceptors (Lipinski definition) is 3. The Kier molecular flexibility index (Phi) is 4.83. The lowest BCUT2D eigenvalue weighted by molar-refractivity contribution is 0.117. The second-order valence-corrected chi connectivity index (χ2v) is 8.92. The maximum Gasteiger partial charge on any atom is 0.0114 e. The Morgan fingerprint density at radius 1 is 0.750 bits per heavy atom. The molecule has 1 atom stereocenters. The SMILES string of the molecule is CN1CCC(N2CCN(C)CC(C)(C)C2)CC(C)(C)C1. The minimum Gasteiger partial charge on any atom is -0.306 e. The summed E-state index contributed by atoms with van der Waals surface area (Å²) in [6, 6.07) is 0.765. The molecule has 2 rings (SSSR count). The molecule has 3 heteroatoms. The highest BCUT2D eigenvalue weighted by molar-refractivity contribution is 4.90. The first-order valence-electron chi connectivity index (χ1n) is 8.28. The normalized spacial score (nSPS) is 33.6. The average molecular weight is 281 g/mol. The van der Waals surface area contributed by atoms with Gasteiger partial charge in [0.2, 0.25) is 0 Å². The maximum atomic E-state index is 2.80. The molecule has 0 amide bonds. The van der Waals surface area contributed by atoms with E-state index in [2.05, 4.69) is 56.5 Å². The third kappa shape index (κ3) is 4.44. The van der Waals surface area contributed by atoms with Gasteiger partial charge < -0.3 is 9.80 Å². The zero-order chi connectivity index (χ0) is 15.0. The number of hydrogen-bond donors (Lipinski definition) is 0. The smallest absolute Gasteiger partial charge is 0.0114 e. The maximum absolute atomic E-state index is 2.80. The van der Waals surface area contributed by atoms with Crippen molar-refractivity contribution in [1.29, 1.82) is 0 Å². The highest BCUT2D eigenvalue weighted by atomic mass is 15.2. The van der Waals surface area contributed by atoms with Gasteiger partial charge in [0, 0.05) is 38.8 Å². The molecular weight excluding hydrogens is 246 g/mol. The Morgan fingerprint density at radius 2 is 1.35 bits per heavy atom. The number of likely N-dealkylation sites (N-methyl/N-ethyl adjacent to an activating group) is 1. The van der Waals surface area contributed by atoms with Gasteiger partial charge in [0.15, 0.2) is 0 Å². The lowest BCUT2D eigenvalue weighted by Gasteiger charge is -2.37. The van der Waals surface area contributed by atoms with E-state index in [1.54, 1.807) is 0 Å². The zero-order valence-corrected chi connectivity index (χ0v) is 14.6. The summed E-state index contributed by atoms with van der Waals surface area (Å²) in [7, 11) is 4.56. The molecule has 1 unspecified atom stereocenters. The molecule has 2 heterocycles. The van der Waals surface area contributed by atoms with Gasteiger partial charge in [-0.05, 0) is 44.3 Å². The average Bonchev–Trinajstić information content (AvgIpc) is 2.49. The van der Waals surface area contributed by atoms with Crippen LogP contribution in [-0.2, 0) is 0 Å². The van der Waals surface area contributed by atoms with Gasteiger partial charge in [-0.3, -0.25) is 4.90 Å². The van der Waals surface area contributed by atoms with Crippen LogP contribution >= 0.6 is 0 Å². The van der Waals surface area contributed by atoms with Gasteiger partial charge in [-0.15, -0.1) is 0 Å². The van der Waals surface area contributed by atoms with E-state index in [1.807, 2.05) is 0 Å². The van der Waals surface area contributed by atoms with E-state index in [0.717, 1.165) is 6.04 Å². The minimum atomic E-state index is 0.410. The molecular formula is C17H35N3. The molecule has 2 fully saturated rings. The molecule has 0 aliphatic carbocycles. The fourth-order valence-corrected chi connectivity index (χ4v) is 4.39. The number of likely N-dealkylation sites (tertiary alicyclic amines) is 1. The highest BCUT2D eigenvalue weighted by Crippen LogP contribution is 2.32. The quantitative estimate of drug-likeness (QED) is 0.731. The van der Waals surface area contributed by atoms with Crippen molar-refractivity contribution < 1.29 is 0 Å². The third-order valence-electron chi connectivity index (χ3n) is 4.94. The minimum absolute atomic E-state index is 0.410. The first kappa shape index (κ1) is 16.3. The molecule has 0 bridgehead atoms. The molecule has 0 saturated carbocycles. The molecule has 0 spiro atoms. The van der Waals surface area contributed by atoms with Crippen LogP contribution in [0.25, 0.3) is 0 Å². The van der Waals surface area contributed by atoms with Gasteiger partial charge in [0.1, 0.15) is 0 Å². The van der Waals surface area contributed by atoms with Crippen LogP contribution < -0.4 is 0 Å². The summed E-state index contributed by atoms with van der Waals surface area (Å²) in [5.41, 5.74) is 0.853. The van der Waals surface area contributed by atoms with E-state index in [0.29, 0.717) is 10.8 Å². The van der Waals surface area contributed by atoms with Crippen molar-refractivity contribution in [2.24, 2.45) is 10.8 Å². The fourth-order valence-electron chi connectivity index (χ4n) is 4.39. The van der Waals surface area contributed by atoms with Crippen LogP contribution in [0.4, 0.5) is 0 Å². The van der Waals surface area contributed by atoms with Crippen molar-refractivity contribution >= 4 is 0 Å². The van der Waals surface area contributed by atoms with E-state index in [9.17, 15) is 0 Å². The third-order valence-corrected chi connectivity index (χ3v) is 4.94. The molecule has 0 aromatic heterocycles. The summed E-state index contributed by atoms with van der Waals surface area (Å²) >= 11 is 0.